The lowest BCUT2D eigenvalue weighted by atomic mass is 10.1. The van der Waals surface area contributed by atoms with Crippen LogP contribution >= 0.6 is 0 Å². The van der Waals surface area contributed by atoms with Crippen molar-refractivity contribution in [2.24, 2.45) is 0 Å². The van der Waals surface area contributed by atoms with Gasteiger partial charge in [0.2, 0.25) is 0 Å². The lowest BCUT2D eigenvalue weighted by Gasteiger charge is -2.09. The molecular formula is C20H17NO. The van der Waals surface area contributed by atoms with Crippen LogP contribution in [0.3, 0.4) is 0 Å². The highest BCUT2D eigenvalue weighted by Crippen LogP contribution is 2.34. The van der Waals surface area contributed by atoms with Crippen molar-refractivity contribution < 1.29 is 4.42 Å². The zero-order chi connectivity index (χ0) is 15.1. The summed E-state index contributed by atoms with van der Waals surface area (Å²) in [4.78, 5) is 0. The van der Waals surface area contributed by atoms with Crippen LogP contribution in [0.2, 0.25) is 0 Å². The number of aryl methyl sites for hydroxylation is 2. The van der Waals surface area contributed by atoms with Crippen molar-refractivity contribution in [3.8, 4) is 0 Å². The highest BCUT2D eigenvalue weighted by Gasteiger charge is 2.10. The third kappa shape index (κ3) is 2.04. The van der Waals surface area contributed by atoms with E-state index in [1.54, 1.807) is 0 Å². The van der Waals surface area contributed by atoms with E-state index in [2.05, 4.69) is 61.6 Å². The molecule has 0 aliphatic carbocycles. The third-order valence-electron chi connectivity index (χ3n) is 4.19. The van der Waals surface area contributed by atoms with Gasteiger partial charge in [0, 0.05) is 16.5 Å². The van der Waals surface area contributed by atoms with Gasteiger partial charge in [0.1, 0.15) is 5.58 Å². The summed E-state index contributed by atoms with van der Waals surface area (Å²) in [6.07, 6.45) is 0. The molecular weight excluding hydrogens is 270 g/mol. The molecule has 0 unspecified atom stereocenters. The van der Waals surface area contributed by atoms with Crippen molar-refractivity contribution in [2.45, 2.75) is 13.8 Å². The van der Waals surface area contributed by atoms with Crippen LogP contribution in [0.1, 0.15) is 11.1 Å². The molecule has 2 nitrogen and oxygen atoms in total. The Bertz CT molecular complexity index is 982. The second-order valence-corrected chi connectivity index (χ2v) is 5.70. The Morgan fingerprint density at radius 2 is 1.59 bits per heavy atom. The molecule has 0 bridgehead atoms. The van der Waals surface area contributed by atoms with Gasteiger partial charge in [-0.15, -0.1) is 0 Å². The molecule has 0 saturated carbocycles. The van der Waals surface area contributed by atoms with Crippen LogP contribution in [0.25, 0.3) is 21.9 Å². The first-order chi connectivity index (χ1) is 10.7. The van der Waals surface area contributed by atoms with E-state index in [4.69, 9.17) is 4.42 Å². The quantitative estimate of drug-likeness (QED) is 0.493. The molecule has 0 atom stereocenters. The topological polar surface area (TPSA) is 25.2 Å². The fourth-order valence-electron chi connectivity index (χ4n) is 2.82. The van der Waals surface area contributed by atoms with Crippen LogP contribution in [0, 0.1) is 13.8 Å². The molecule has 1 N–H and O–H groups in total. The Morgan fingerprint density at radius 1 is 0.773 bits per heavy atom. The van der Waals surface area contributed by atoms with Gasteiger partial charge in [-0.1, -0.05) is 36.4 Å². The number of nitrogens with one attached hydrogen (secondary N) is 1. The lowest BCUT2D eigenvalue weighted by Crippen LogP contribution is -1.92. The molecule has 0 aliphatic heterocycles. The summed E-state index contributed by atoms with van der Waals surface area (Å²) in [5.41, 5.74) is 6.48. The molecule has 1 aromatic heterocycles. The summed E-state index contributed by atoms with van der Waals surface area (Å²) in [5, 5.41) is 5.78. The van der Waals surface area contributed by atoms with Crippen LogP contribution in [0.5, 0.6) is 0 Å². The summed E-state index contributed by atoms with van der Waals surface area (Å²) >= 11 is 0. The van der Waals surface area contributed by atoms with Crippen molar-refractivity contribution in [1.29, 1.82) is 0 Å². The summed E-state index contributed by atoms with van der Waals surface area (Å²) in [5.74, 6) is 0. The molecule has 3 aromatic carbocycles. The van der Waals surface area contributed by atoms with E-state index in [0.29, 0.717) is 0 Å². The average Bonchev–Trinajstić information content (AvgIpc) is 2.91. The molecule has 0 fully saturated rings. The van der Waals surface area contributed by atoms with Crippen molar-refractivity contribution in [3.05, 3.63) is 71.8 Å². The number of benzene rings is 3. The van der Waals surface area contributed by atoms with E-state index in [1.165, 1.54) is 11.1 Å². The van der Waals surface area contributed by atoms with Gasteiger partial charge < -0.3 is 9.73 Å². The summed E-state index contributed by atoms with van der Waals surface area (Å²) < 4.78 is 6.05. The maximum Gasteiger partial charge on any atom is 0.158 e. The normalized spacial score (nSPS) is 11.2. The maximum atomic E-state index is 6.05. The smallest absolute Gasteiger partial charge is 0.158 e. The van der Waals surface area contributed by atoms with E-state index < -0.39 is 0 Å². The molecule has 0 aliphatic rings. The fraction of sp³-hybridized carbons (Fsp3) is 0.100. The van der Waals surface area contributed by atoms with Crippen LogP contribution < -0.4 is 5.32 Å². The number of anilines is 2. The van der Waals surface area contributed by atoms with E-state index in [1.807, 2.05) is 18.2 Å². The molecule has 108 valence electrons. The van der Waals surface area contributed by atoms with Crippen molar-refractivity contribution in [1.82, 2.24) is 0 Å². The van der Waals surface area contributed by atoms with Crippen LogP contribution in [-0.4, -0.2) is 0 Å². The van der Waals surface area contributed by atoms with Crippen molar-refractivity contribution >= 4 is 33.3 Å². The van der Waals surface area contributed by atoms with E-state index in [0.717, 1.165) is 33.3 Å². The predicted octanol–water partition coefficient (Wildman–Crippen LogP) is 5.95. The first-order valence-electron chi connectivity index (χ1n) is 7.47. The number of hydrogen-bond donors (Lipinski definition) is 1. The monoisotopic (exact) mass is 287 g/mol. The Labute approximate surface area is 129 Å². The number of hydrogen-bond acceptors (Lipinski definition) is 2. The van der Waals surface area contributed by atoms with Crippen LogP contribution in [0.15, 0.2) is 65.1 Å². The number of para-hydroxylation sites is 2. The number of rotatable bonds is 2. The minimum atomic E-state index is 0.905. The number of furan rings is 1. The van der Waals surface area contributed by atoms with Gasteiger partial charge in [-0.2, -0.15) is 0 Å². The highest BCUT2D eigenvalue weighted by atomic mass is 16.3. The molecule has 2 heteroatoms. The first-order valence-corrected chi connectivity index (χ1v) is 7.47. The van der Waals surface area contributed by atoms with Gasteiger partial charge in [-0.3, -0.25) is 0 Å². The van der Waals surface area contributed by atoms with Gasteiger partial charge in [-0.05, 0) is 49.2 Å². The second kappa shape index (κ2) is 4.92. The molecule has 4 aromatic rings. The average molecular weight is 287 g/mol. The van der Waals surface area contributed by atoms with Gasteiger partial charge in [0.15, 0.2) is 5.58 Å². The number of fused-ring (bicyclic) bond motifs is 3. The Kier molecular flexibility index (Phi) is 2.90. The molecule has 0 radical (unpaired) electrons. The SMILES string of the molecule is Cc1ccc(Nc2cccc3c2oc2ccccc23)cc1C. The highest BCUT2D eigenvalue weighted by molar-refractivity contribution is 6.09. The fourth-order valence-corrected chi connectivity index (χ4v) is 2.82. The Morgan fingerprint density at radius 3 is 2.45 bits per heavy atom. The van der Waals surface area contributed by atoms with E-state index >= 15 is 0 Å². The standard InChI is InChI=1S/C20H17NO/c1-13-10-11-15(12-14(13)2)21-18-8-5-7-17-16-6-3-4-9-19(16)22-20(17)18/h3-12,21H,1-2H3. The lowest BCUT2D eigenvalue weighted by molar-refractivity contribution is 0.670. The molecule has 1 heterocycles. The summed E-state index contributed by atoms with van der Waals surface area (Å²) in [6, 6.07) is 20.8. The molecule has 0 spiro atoms. The molecule has 0 saturated heterocycles. The minimum Gasteiger partial charge on any atom is -0.454 e. The van der Waals surface area contributed by atoms with Gasteiger partial charge in [-0.25, -0.2) is 0 Å². The summed E-state index contributed by atoms with van der Waals surface area (Å²) in [7, 11) is 0. The Balaban J connectivity index is 1.86. The van der Waals surface area contributed by atoms with E-state index in [-0.39, 0.29) is 0 Å². The third-order valence-corrected chi connectivity index (χ3v) is 4.19. The minimum absolute atomic E-state index is 0.905. The van der Waals surface area contributed by atoms with Crippen LogP contribution in [-0.2, 0) is 0 Å². The van der Waals surface area contributed by atoms with Gasteiger partial charge in [0.05, 0.1) is 5.69 Å². The van der Waals surface area contributed by atoms with Gasteiger partial charge in [0.25, 0.3) is 0 Å². The van der Waals surface area contributed by atoms with E-state index in [9.17, 15) is 0 Å². The van der Waals surface area contributed by atoms with Crippen molar-refractivity contribution in [2.75, 3.05) is 5.32 Å². The van der Waals surface area contributed by atoms with Crippen molar-refractivity contribution in [3.63, 3.8) is 0 Å². The first kappa shape index (κ1) is 13.0. The second-order valence-electron chi connectivity index (χ2n) is 5.70. The predicted molar refractivity (Wildman–Crippen MR) is 92.9 cm³/mol. The molecule has 4 rings (SSSR count). The van der Waals surface area contributed by atoms with Crippen LogP contribution in [0.4, 0.5) is 11.4 Å². The van der Waals surface area contributed by atoms with Gasteiger partial charge >= 0.3 is 0 Å². The molecule has 0 amide bonds. The molecule has 22 heavy (non-hydrogen) atoms. The zero-order valence-electron chi connectivity index (χ0n) is 12.7. The largest absolute Gasteiger partial charge is 0.454 e. The Hall–Kier alpha value is -2.74. The zero-order valence-corrected chi connectivity index (χ0v) is 12.7. The maximum absolute atomic E-state index is 6.05. The summed E-state index contributed by atoms with van der Waals surface area (Å²) in [6.45, 7) is 4.25.